The van der Waals surface area contributed by atoms with E-state index in [9.17, 15) is 0 Å². The van der Waals surface area contributed by atoms with Crippen LogP contribution in [0.5, 0.6) is 0 Å². The number of anilines is 1. The fourth-order valence-electron chi connectivity index (χ4n) is 4.39. The number of hydrogen-bond donors (Lipinski definition) is 2. The molecular weight excluding hydrogens is 362 g/mol. The Kier molecular flexibility index (Phi) is 8.59. The number of guanidine groups is 1. The van der Waals surface area contributed by atoms with Gasteiger partial charge >= 0.3 is 0 Å². The van der Waals surface area contributed by atoms with E-state index in [1.807, 2.05) is 12.3 Å². The molecular formula is C23H39N5O. The van der Waals surface area contributed by atoms with E-state index in [-0.39, 0.29) is 5.60 Å². The summed E-state index contributed by atoms with van der Waals surface area (Å²) in [6, 6.07) is 6.58. The van der Waals surface area contributed by atoms with Gasteiger partial charge in [-0.2, -0.15) is 0 Å². The molecule has 2 N–H and O–H groups in total. The second-order valence-electron chi connectivity index (χ2n) is 8.38. The minimum absolute atomic E-state index is 0.0566. The fourth-order valence-corrected chi connectivity index (χ4v) is 4.39. The summed E-state index contributed by atoms with van der Waals surface area (Å²) in [6.45, 7) is 8.84. The van der Waals surface area contributed by atoms with Crippen molar-refractivity contribution >= 4 is 11.8 Å². The average molecular weight is 402 g/mol. The molecule has 0 radical (unpaired) electrons. The quantitative estimate of drug-likeness (QED) is 0.513. The smallest absolute Gasteiger partial charge is 0.191 e. The fraction of sp³-hybridized carbons (Fsp3) is 0.739. The largest absolute Gasteiger partial charge is 0.373 e. The maximum atomic E-state index is 6.33. The van der Waals surface area contributed by atoms with E-state index < -0.39 is 0 Å². The van der Waals surface area contributed by atoms with Crippen molar-refractivity contribution in [2.45, 2.75) is 76.9 Å². The Bertz CT molecular complexity index is 607. The van der Waals surface area contributed by atoms with Crippen LogP contribution in [0.15, 0.2) is 29.4 Å². The second kappa shape index (κ2) is 11.4. The molecule has 1 aliphatic carbocycles. The van der Waals surface area contributed by atoms with Crippen LogP contribution in [0.25, 0.3) is 0 Å². The summed E-state index contributed by atoms with van der Waals surface area (Å²) in [5.41, 5.74) is -0.0566. The van der Waals surface area contributed by atoms with Gasteiger partial charge in [-0.25, -0.2) is 4.98 Å². The molecule has 1 aromatic heterocycles. The summed E-state index contributed by atoms with van der Waals surface area (Å²) in [7, 11) is 0. The minimum Gasteiger partial charge on any atom is -0.373 e. The molecule has 29 heavy (non-hydrogen) atoms. The standard InChI is InChI=1S/C23H39N5O/c1-3-18-29-23(13-7-5-8-14-23)19-26-22(24-4-2)27-20-11-16-28(17-12-20)21-10-6-9-15-25-21/h6,9-10,15,20H,3-5,7-8,11-14,16-19H2,1-2H3,(H2,24,26,27). The molecule has 1 aromatic rings. The van der Waals surface area contributed by atoms with E-state index >= 15 is 0 Å². The van der Waals surface area contributed by atoms with Crippen molar-refractivity contribution in [3.8, 4) is 0 Å². The highest BCUT2D eigenvalue weighted by molar-refractivity contribution is 5.80. The van der Waals surface area contributed by atoms with Crippen LogP contribution in [0.3, 0.4) is 0 Å². The molecule has 0 bridgehead atoms. The number of ether oxygens (including phenoxy) is 1. The van der Waals surface area contributed by atoms with Crippen molar-refractivity contribution in [1.82, 2.24) is 15.6 Å². The van der Waals surface area contributed by atoms with Gasteiger partial charge in [0.2, 0.25) is 0 Å². The number of pyridine rings is 1. The summed E-state index contributed by atoms with van der Waals surface area (Å²) >= 11 is 0. The zero-order valence-electron chi connectivity index (χ0n) is 18.3. The Morgan fingerprint density at radius 3 is 2.66 bits per heavy atom. The van der Waals surface area contributed by atoms with Gasteiger partial charge in [-0.3, -0.25) is 4.99 Å². The first kappa shape index (κ1) is 21.9. The van der Waals surface area contributed by atoms with Gasteiger partial charge in [-0.05, 0) is 51.2 Å². The number of rotatable bonds is 8. The molecule has 1 aliphatic heterocycles. The number of nitrogens with one attached hydrogen (secondary N) is 2. The predicted octanol–water partition coefficient (Wildman–Crippen LogP) is 3.74. The minimum atomic E-state index is -0.0566. The van der Waals surface area contributed by atoms with E-state index in [0.29, 0.717) is 6.04 Å². The maximum Gasteiger partial charge on any atom is 0.191 e. The third kappa shape index (κ3) is 6.59. The summed E-state index contributed by atoms with van der Waals surface area (Å²) in [5.74, 6) is 2.02. The van der Waals surface area contributed by atoms with Gasteiger partial charge in [-0.1, -0.05) is 32.3 Å². The topological polar surface area (TPSA) is 61.8 Å². The number of piperidine rings is 1. The molecule has 1 saturated carbocycles. The third-order valence-corrected chi connectivity index (χ3v) is 6.06. The van der Waals surface area contributed by atoms with Gasteiger partial charge in [0.25, 0.3) is 0 Å². The SMILES string of the molecule is CCCOC1(CN=C(NCC)NC2CCN(c3ccccn3)CC2)CCCCC1. The summed E-state index contributed by atoms with van der Waals surface area (Å²) in [6.07, 6.45) is 11.3. The molecule has 0 unspecified atom stereocenters. The van der Waals surface area contributed by atoms with Gasteiger partial charge in [0, 0.05) is 38.5 Å². The lowest BCUT2D eigenvalue weighted by Gasteiger charge is -2.37. The average Bonchev–Trinajstić information content (AvgIpc) is 2.78. The Balaban J connectivity index is 1.55. The zero-order chi connectivity index (χ0) is 20.4. The molecule has 0 spiro atoms. The molecule has 0 atom stereocenters. The van der Waals surface area contributed by atoms with Crippen LogP contribution in [-0.2, 0) is 4.74 Å². The Hall–Kier alpha value is -1.82. The monoisotopic (exact) mass is 401 g/mol. The first-order valence-corrected chi connectivity index (χ1v) is 11.6. The zero-order valence-corrected chi connectivity index (χ0v) is 18.3. The van der Waals surface area contributed by atoms with Gasteiger partial charge in [0.05, 0.1) is 12.1 Å². The van der Waals surface area contributed by atoms with Crippen LogP contribution < -0.4 is 15.5 Å². The summed E-state index contributed by atoms with van der Waals surface area (Å²) in [5, 5.41) is 7.12. The highest BCUT2D eigenvalue weighted by Crippen LogP contribution is 2.32. The number of hydrogen-bond acceptors (Lipinski definition) is 4. The second-order valence-corrected chi connectivity index (χ2v) is 8.38. The van der Waals surface area contributed by atoms with Crippen LogP contribution in [0.4, 0.5) is 5.82 Å². The van der Waals surface area contributed by atoms with Crippen LogP contribution in [0, 0.1) is 0 Å². The molecule has 0 amide bonds. The molecule has 2 heterocycles. The molecule has 2 aliphatic rings. The van der Waals surface area contributed by atoms with E-state index in [0.717, 1.165) is 76.7 Å². The lowest BCUT2D eigenvalue weighted by atomic mass is 9.84. The Morgan fingerprint density at radius 2 is 2.00 bits per heavy atom. The van der Waals surface area contributed by atoms with E-state index in [4.69, 9.17) is 9.73 Å². The molecule has 1 saturated heterocycles. The molecule has 6 nitrogen and oxygen atoms in total. The maximum absolute atomic E-state index is 6.33. The summed E-state index contributed by atoms with van der Waals surface area (Å²) < 4.78 is 6.33. The van der Waals surface area contributed by atoms with Crippen molar-refractivity contribution in [3.05, 3.63) is 24.4 Å². The van der Waals surface area contributed by atoms with Gasteiger partial charge in [-0.15, -0.1) is 0 Å². The van der Waals surface area contributed by atoms with Gasteiger partial charge < -0.3 is 20.3 Å². The highest BCUT2D eigenvalue weighted by Gasteiger charge is 2.33. The van der Waals surface area contributed by atoms with Crippen molar-refractivity contribution < 1.29 is 4.74 Å². The van der Waals surface area contributed by atoms with E-state index in [1.165, 1.54) is 19.3 Å². The van der Waals surface area contributed by atoms with Crippen LogP contribution in [-0.4, -0.2) is 55.4 Å². The molecule has 162 valence electrons. The van der Waals surface area contributed by atoms with Crippen molar-refractivity contribution in [2.24, 2.45) is 4.99 Å². The normalized spacial score (nSPS) is 20.5. The Morgan fingerprint density at radius 1 is 1.21 bits per heavy atom. The number of aliphatic imine (C=N–C) groups is 1. The predicted molar refractivity (Wildman–Crippen MR) is 121 cm³/mol. The first-order valence-electron chi connectivity index (χ1n) is 11.6. The number of nitrogens with zero attached hydrogens (tertiary/aromatic N) is 3. The molecule has 6 heteroatoms. The Labute approximate surface area is 176 Å². The first-order chi connectivity index (χ1) is 14.2. The van der Waals surface area contributed by atoms with Crippen molar-refractivity contribution in [3.63, 3.8) is 0 Å². The summed E-state index contributed by atoms with van der Waals surface area (Å²) in [4.78, 5) is 11.8. The van der Waals surface area contributed by atoms with Gasteiger partial charge in [0.15, 0.2) is 5.96 Å². The molecule has 3 rings (SSSR count). The van der Waals surface area contributed by atoms with Crippen LogP contribution in [0.1, 0.15) is 65.2 Å². The number of aromatic nitrogens is 1. The van der Waals surface area contributed by atoms with Crippen LogP contribution in [0.2, 0.25) is 0 Å². The van der Waals surface area contributed by atoms with E-state index in [2.05, 4.69) is 46.5 Å². The lowest BCUT2D eigenvalue weighted by Crippen LogP contribution is -2.49. The van der Waals surface area contributed by atoms with Crippen molar-refractivity contribution in [2.75, 3.05) is 37.7 Å². The molecule has 2 fully saturated rings. The van der Waals surface area contributed by atoms with Gasteiger partial charge in [0.1, 0.15) is 5.82 Å². The van der Waals surface area contributed by atoms with Crippen LogP contribution >= 0.6 is 0 Å². The van der Waals surface area contributed by atoms with E-state index in [1.54, 1.807) is 0 Å². The third-order valence-electron chi connectivity index (χ3n) is 6.06. The molecule has 0 aromatic carbocycles. The lowest BCUT2D eigenvalue weighted by molar-refractivity contribution is -0.0624. The van der Waals surface area contributed by atoms with Crippen molar-refractivity contribution in [1.29, 1.82) is 0 Å². The highest BCUT2D eigenvalue weighted by atomic mass is 16.5.